The summed E-state index contributed by atoms with van der Waals surface area (Å²) in [6.45, 7) is 4.57. The lowest BCUT2D eigenvalue weighted by Gasteiger charge is -2.35. The zero-order valence-electron chi connectivity index (χ0n) is 9.75. The van der Waals surface area contributed by atoms with Crippen molar-refractivity contribution in [1.82, 2.24) is 4.90 Å². The molecule has 0 saturated carbocycles. The van der Waals surface area contributed by atoms with Gasteiger partial charge in [-0.05, 0) is 39.4 Å². The predicted molar refractivity (Wildman–Crippen MR) is 62.5 cm³/mol. The lowest BCUT2D eigenvalue weighted by molar-refractivity contribution is 0.166. The van der Waals surface area contributed by atoms with Gasteiger partial charge in [0.1, 0.15) is 0 Å². The van der Waals surface area contributed by atoms with E-state index in [1.165, 1.54) is 12.0 Å². The van der Waals surface area contributed by atoms with Gasteiger partial charge in [-0.15, -0.1) is 0 Å². The molecule has 1 aromatic rings. The zero-order chi connectivity index (χ0) is 10.6. The molecular formula is C13H21N. The molecule has 1 rings (SSSR count). The summed E-state index contributed by atoms with van der Waals surface area (Å²) in [6.07, 6.45) is 2.30. The summed E-state index contributed by atoms with van der Waals surface area (Å²) in [5.74, 6) is 0. The SMILES string of the molecule is CCC(C)(Cc1ccccc1)N(C)C. The first-order valence-corrected chi connectivity index (χ1v) is 5.30. The van der Waals surface area contributed by atoms with Crippen LogP contribution in [0.2, 0.25) is 0 Å². The average Bonchev–Trinajstić information content (AvgIpc) is 2.19. The van der Waals surface area contributed by atoms with Crippen molar-refractivity contribution in [3.63, 3.8) is 0 Å². The van der Waals surface area contributed by atoms with Crippen molar-refractivity contribution in [2.45, 2.75) is 32.2 Å². The van der Waals surface area contributed by atoms with Crippen LogP contribution in [0.5, 0.6) is 0 Å². The van der Waals surface area contributed by atoms with E-state index in [-0.39, 0.29) is 5.54 Å². The number of hydrogen-bond acceptors (Lipinski definition) is 1. The normalized spacial score (nSPS) is 15.5. The van der Waals surface area contributed by atoms with Gasteiger partial charge in [0.15, 0.2) is 0 Å². The highest BCUT2D eigenvalue weighted by molar-refractivity contribution is 5.17. The molecule has 0 bridgehead atoms. The molecule has 0 aliphatic rings. The first kappa shape index (κ1) is 11.3. The van der Waals surface area contributed by atoms with Crippen molar-refractivity contribution in [2.75, 3.05) is 14.1 Å². The fraction of sp³-hybridized carbons (Fsp3) is 0.538. The maximum absolute atomic E-state index is 2.32. The van der Waals surface area contributed by atoms with Gasteiger partial charge >= 0.3 is 0 Å². The average molecular weight is 191 g/mol. The minimum Gasteiger partial charge on any atom is -0.304 e. The standard InChI is InChI=1S/C13H21N/c1-5-13(2,14(3)4)11-12-9-7-6-8-10-12/h6-10H,5,11H2,1-4H3. The Morgan fingerprint density at radius 1 is 1.14 bits per heavy atom. The van der Waals surface area contributed by atoms with Crippen LogP contribution in [0.4, 0.5) is 0 Å². The van der Waals surface area contributed by atoms with Crippen molar-refractivity contribution in [3.8, 4) is 0 Å². The van der Waals surface area contributed by atoms with Gasteiger partial charge in [0.2, 0.25) is 0 Å². The largest absolute Gasteiger partial charge is 0.304 e. The van der Waals surface area contributed by atoms with E-state index in [1.54, 1.807) is 0 Å². The van der Waals surface area contributed by atoms with Gasteiger partial charge in [-0.2, -0.15) is 0 Å². The molecule has 0 fully saturated rings. The minimum absolute atomic E-state index is 0.279. The molecule has 0 radical (unpaired) electrons. The Balaban J connectivity index is 2.76. The quantitative estimate of drug-likeness (QED) is 0.707. The topological polar surface area (TPSA) is 3.24 Å². The molecule has 0 spiro atoms. The zero-order valence-corrected chi connectivity index (χ0v) is 9.75. The molecule has 0 N–H and O–H groups in total. The molecule has 1 heteroatoms. The molecule has 0 aliphatic carbocycles. The molecule has 0 saturated heterocycles. The maximum atomic E-state index is 2.32. The number of benzene rings is 1. The number of nitrogens with zero attached hydrogens (tertiary/aromatic N) is 1. The van der Waals surface area contributed by atoms with Crippen molar-refractivity contribution in [3.05, 3.63) is 35.9 Å². The Bertz CT molecular complexity index is 266. The van der Waals surface area contributed by atoms with Crippen LogP contribution >= 0.6 is 0 Å². The van der Waals surface area contributed by atoms with Crippen LogP contribution in [-0.4, -0.2) is 24.5 Å². The molecule has 1 atom stereocenters. The molecule has 1 nitrogen and oxygen atoms in total. The Hall–Kier alpha value is -0.820. The van der Waals surface area contributed by atoms with Crippen LogP contribution in [0, 0.1) is 0 Å². The first-order valence-electron chi connectivity index (χ1n) is 5.30. The monoisotopic (exact) mass is 191 g/mol. The smallest absolute Gasteiger partial charge is 0.0213 e. The van der Waals surface area contributed by atoms with Crippen molar-refractivity contribution in [2.24, 2.45) is 0 Å². The van der Waals surface area contributed by atoms with Gasteiger partial charge in [-0.1, -0.05) is 37.3 Å². The minimum atomic E-state index is 0.279. The second-order valence-electron chi connectivity index (χ2n) is 4.41. The summed E-state index contributed by atoms with van der Waals surface area (Å²) in [5.41, 5.74) is 1.70. The van der Waals surface area contributed by atoms with E-state index in [9.17, 15) is 0 Å². The third kappa shape index (κ3) is 2.58. The van der Waals surface area contributed by atoms with Crippen LogP contribution in [0.25, 0.3) is 0 Å². The van der Waals surface area contributed by atoms with Gasteiger partial charge in [0.25, 0.3) is 0 Å². The number of likely N-dealkylation sites (N-methyl/N-ethyl adjacent to an activating group) is 1. The molecule has 78 valence electrons. The molecule has 1 aromatic carbocycles. The van der Waals surface area contributed by atoms with Crippen LogP contribution in [0.15, 0.2) is 30.3 Å². The number of hydrogen-bond donors (Lipinski definition) is 0. The lowest BCUT2D eigenvalue weighted by atomic mass is 9.89. The highest BCUT2D eigenvalue weighted by atomic mass is 15.1. The van der Waals surface area contributed by atoms with Crippen molar-refractivity contribution < 1.29 is 0 Å². The summed E-state index contributed by atoms with van der Waals surface area (Å²) in [5, 5.41) is 0. The van der Waals surface area contributed by atoms with Gasteiger partial charge in [0, 0.05) is 5.54 Å². The van der Waals surface area contributed by atoms with E-state index in [0.717, 1.165) is 6.42 Å². The molecule has 0 amide bonds. The fourth-order valence-electron chi connectivity index (χ4n) is 1.63. The summed E-state index contributed by atoms with van der Waals surface area (Å²) >= 11 is 0. The molecular weight excluding hydrogens is 170 g/mol. The highest BCUT2D eigenvalue weighted by Crippen LogP contribution is 2.21. The van der Waals surface area contributed by atoms with E-state index in [4.69, 9.17) is 0 Å². The molecule has 1 unspecified atom stereocenters. The second kappa shape index (κ2) is 4.61. The van der Waals surface area contributed by atoms with Crippen molar-refractivity contribution >= 4 is 0 Å². The summed E-state index contributed by atoms with van der Waals surface area (Å²) < 4.78 is 0. The van der Waals surface area contributed by atoms with E-state index < -0.39 is 0 Å². The Kier molecular flexibility index (Phi) is 3.70. The fourth-order valence-corrected chi connectivity index (χ4v) is 1.63. The lowest BCUT2D eigenvalue weighted by Crippen LogP contribution is -2.42. The van der Waals surface area contributed by atoms with Gasteiger partial charge in [-0.3, -0.25) is 0 Å². The van der Waals surface area contributed by atoms with Gasteiger partial charge in [-0.25, -0.2) is 0 Å². The third-order valence-corrected chi connectivity index (χ3v) is 3.27. The molecule has 0 aliphatic heterocycles. The Morgan fingerprint density at radius 3 is 2.14 bits per heavy atom. The van der Waals surface area contributed by atoms with Gasteiger partial charge in [0.05, 0.1) is 0 Å². The van der Waals surface area contributed by atoms with E-state index in [0.29, 0.717) is 0 Å². The maximum Gasteiger partial charge on any atom is 0.0213 e. The molecule has 0 aromatic heterocycles. The van der Waals surface area contributed by atoms with Crippen LogP contribution < -0.4 is 0 Å². The van der Waals surface area contributed by atoms with E-state index in [2.05, 4.69) is 63.2 Å². The second-order valence-corrected chi connectivity index (χ2v) is 4.41. The van der Waals surface area contributed by atoms with Crippen LogP contribution in [-0.2, 0) is 6.42 Å². The van der Waals surface area contributed by atoms with Crippen molar-refractivity contribution in [1.29, 1.82) is 0 Å². The summed E-state index contributed by atoms with van der Waals surface area (Å²) in [6, 6.07) is 10.7. The van der Waals surface area contributed by atoms with E-state index in [1.807, 2.05) is 0 Å². The molecule has 14 heavy (non-hydrogen) atoms. The highest BCUT2D eigenvalue weighted by Gasteiger charge is 2.24. The Morgan fingerprint density at radius 2 is 1.71 bits per heavy atom. The molecule has 0 heterocycles. The van der Waals surface area contributed by atoms with E-state index >= 15 is 0 Å². The first-order chi connectivity index (χ1) is 6.58. The van der Waals surface area contributed by atoms with Crippen LogP contribution in [0.3, 0.4) is 0 Å². The third-order valence-electron chi connectivity index (χ3n) is 3.27. The van der Waals surface area contributed by atoms with Crippen LogP contribution in [0.1, 0.15) is 25.8 Å². The Labute approximate surface area is 87.7 Å². The van der Waals surface area contributed by atoms with Gasteiger partial charge < -0.3 is 4.90 Å². The number of rotatable bonds is 4. The summed E-state index contributed by atoms with van der Waals surface area (Å²) in [7, 11) is 4.32. The summed E-state index contributed by atoms with van der Waals surface area (Å²) in [4.78, 5) is 2.32. The predicted octanol–water partition coefficient (Wildman–Crippen LogP) is 2.96.